The lowest BCUT2D eigenvalue weighted by atomic mass is 9.88. The largest absolute Gasteiger partial charge is 0.506 e. The third-order valence-corrected chi connectivity index (χ3v) is 0.534. The Labute approximate surface area is 47.7 Å². The van der Waals surface area contributed by atoms with Crippen LogP contribution in [0.1, 0.15) is 0 Å². The predicted molar refractivity (Wildman–Crippen MR) is 32.0 cm³/mol. The van der Waals surface area contributed by atoms with E-state index >= 15 is 0 Å². The van der Waals surface area contributed by atoms with Crippen LogP contribution in [-0.4, -0.2) is 23.9 Å². The first-order valence-corrected chi connectivity index (χ1v) is 1.95. The zero-order valence-electron chi connectivity index (χ0n) is 4.33. The van der Waals surface area contributed by atoms with Crippen molar-refractivity contribution in [2.75, 3.05) is 0 Å². The summed E-state index contributed by atoms with van der Waals surface area (Å²) in [7, 11) is -1.57. The average Bonchev–Trinajstić information content (AvgIpc) is 1.67. The second-order valence-electron chi connectivity index (χ2n) is 1.17. The fourth-order valence-corrected chi connectivity index (χ4v) is 0.159. The van der Waals surface area contributed by atoms with Crippen molar-refractivity contribution in [3.63, 3.8) is 0 Å². The maximum absolute atomic E-state index is 8.26. The Kier molecular flexibility index (Phi) is 2.90. The fraction of sp³-hybridized carbons (Fsp3) is 0. The second-order valence-corrected chi connectivity index (χ2v) is 1.17. The van der Waals surface area contributed by atoms with Crippen LogP contribution < -0.4 is 5.43 Å². The molecular weight excluding hydrogens is 107 g/mol. The Hall–Kier alpha value is -0.805. The molecule has 0 bridgehead atoms. The highest BCUT2D eigenvalue weighted by atomic mass is 16.4. The second kappa shape index (κ2) is 3.23. The van der Waals surface area contributed by atoms with E-state index in [-0.39, 0.29) is 5.60 Å². The Bertz CT molecular complexity index is 103. The molecule has 4 nitrogen and oxygen atoms in total. The van der Waals surface area contributed by atoms with E-state index < -0.39 is 7.12 Å². The van der Waals surface area contributed by atoms with Crippen LogP contribution in [0.5, 0.6) is 0 Å². The summed E-state index contributed by atoms with van der Waals surface area (Å²) in [6.45, 7) is 6.24. The van der Waals surface area contributed by atoms with E-state index in [0.717, 1.165) is 0 Å². The van der Waals surface area contributed by atoms with E-state index in [1.165, 1.54) is 0 Å². The molecule has 0 rings (SSSR count). The fourth-order valence-electron chi connectivity index (χ4n) is 0.159. The Morgan fingerprint density at radius 2 is 2.12 bits per heavy atom. The van der Waals surface area contributed by atoms with Gasteiger partial charge in [0.15, 0.2) is 0 Å². The Morgan fingerprint density at radius 1 is 1.62 bits per heavy atom. The maximum Gasteiger partial charge on any atom is 0.506 e. The monoisotopic (exact) mass is 114 g/mol. The molecule has 0 aliphatic rings. The Morgan fingerprint density at radius 3 is 2.25 bits per heavy atom. The van der Waals surface area contributed by atoms with Crippen molar-refractivity contribution >= 4 is 13.8 Å². The van der Waals surface area contributed by atoms with E-state index in [1.54, 1.807) is 0 Å². The molecule has 0 aromatic heterocycles. The molecule has 0 fully saturated rings. The van der Waals surface area contributed by atoms with Crippen molar-refractivity contribution in [1.82, 2.24) is 5.43 Å². The van der Waals surface area contributed by atoms with Crippen molar-refractivity contribution in [1.29, 1.82) is 0 Å². The lowest BCUT2D eigenvalue weighted by Crippen LogP contribution is -2.23. The molecule has 0 radical (unpaired) electrons. The number of hydrogen-bond acceptors (Lipinski definition) is 4. The molecule has 0 saturated carbocycles. The standard InChI is InChI=1S/C3H7BN2O2/c1-3(4(7)8)6-5-2/h6-8H,1-2H2. The summed E-state index contributed by atoms with van der Waals surface area (Å²) >= 11 is 0. The summed E-state index contributed by atoms with van der Waals surface area (Å²) in [5.41, 5.74) is 2.18. The number of hydrogen-bond donors (Lipinski definition) is 3. The van der Waals surface area contributed by atoms with Gasteiger partial charge in [-0.1, -0.05) is 6.58 Å². The zero-order valence-corrected chi connectivity index (χ0v) is 4.33. The van der Waals surface area contributed by atoms with Crippen LogP contribution in [0.3, 0.4) is 0 Å². The van der Waals surface area contributed by atoms with E-state index in [4.69, 9.17) is 10.0 Å². The number of hydrazone groups is 1. The molecular formula is C3H7BN2O2. The maximum atomic E-state index is 8.26. The quantitative estimate of drug-likeness (QED) is 0.243. The summed E-state index contributed by atoms with van der Waals surface area (Å²) in [5, 5.41) is 19.7. The van der Waals surface area contributed by atoms with E-state index in [0.29, 0.717) is 0 Å². The van der Waals surface area contributed by atoms with Crippen LogP contribution in [-0.2, 0) is 0 Å². The van der Waals surface area contributed by atoms with Crippen LogP contribution in [0.25, 0.3) is 0 Å². The van der Waals surface area contributed by atoms with Crippen LogP contribution >= 0.6 is 0 Å². The van der Waals surface area contributed by atoms with Crippen molar-refractivity contribution in [3.05, 3.63) is 12.2 Å². The molecule has 0 aliphatic heterocycles. The van der Waals surface area contributed by atoms with Crippen LogP contribution in [0.15, 0.2) is 17.3 Å². The molecule has 3 N–H and O–H groups in total. The summed E-state index contributed by atoms with van der Waals surface area (Å²) < 4.78 is 0. The molecule has 0 atom stereocenters. The highest BCUT2D eigenvalue weighted by Gasteiger charge is 2.09. The van der Waals surface area contributed by atoms with E-state index in [1.807, 2.05) is 0 Å². The van der Waals surface area contributed by atoms with Gasteiger partial charge in [0.25, 0.3) is 0 Å². The van der Waals surface area contributed by atoms with Gasteiger partial charge in [-0.25, -0.2) is 0 Å². The van der Waals surface area contributed by atoms with Gasteiger partial charge in [0, 0.05) is 6.72 Å². The molecule has 44 valence electrons. The first-order valence-electron chi connectivity index (χ1n) is 1.95. The minimum absolute atomic E-state index is 0.0139. The van der Waals surface area contributed by atoms with Crippen LogP contribution in [0.2, 0.25) is 0 Å². The average molecular weight is 114 g/mol. The molecule has 0 saturated heterocycles. The summed E-state index contributed by atoms with van der Waals surface area (Å²) in [5.74, 6) is 0. The highest BCUT2D eigenvalue weighted by Crippen LogP contribution is 1.82. The molecule has 0 spiro atoms. The molecule has 5 heteroatoms. The van der Waals surface area contributed by atoms with Gasteiger partial charge in [0.1, 0.15) is 0 Å². The molecule has 0 aromatic rings. The van der Waals surface area contributed by atoms with Gasteiger partial charge < -0.3 is 10.0 Å². The number of nitrogens with one attached hydrogen (secondary N) is 1. The van der Waals surface area contributed by atoms with Gasteiger partial charge in [-0.2, -0.15) is 5.10 Å². The van der Waals surface area contributed by atoms with Crippen molar-refractivity contribution < 1.29 is 10.0 Å². The molecule has 0 unspecified atom stereocenters. The normalized spacial score (nSPS) is 7.75. The number of nitrogens with zero attached hydrogens (tertiary/aromatic N) is 1. The smallest absolute Gasteiger partial charge is 0.422 e. The molecule has 0 aliphatic carbocycles. The van der Waals surface area contributed by atoms with Gasteiger partial charge in [0.05, 0.1) is 5.60 Å². The third-order valence-electron chi connectivity index (χ3n) is 0.534. The van der Waals surface area contributed by atoms with E-state index in [2.05, 4.69) is 23.8 Å². The summed E-state index contributed by atoms with van der Waals surface area (Å²) in [6.07, 6.45) is 0. The lowest BCUT2D eigenvalue weighted by Gasteiger charge is -1.98. The molecule has 0 amide bonds. The van der Waals surface area contributed by atoms with Crippen LogP contribution in [0.4, 0.5) is 0 Å². The van der Waals surface area contributed by atoms with Gasteiger partial charge >= 0.3 is 7.12 Å². The lowest BCUT2D eigenvalue weighted by molar-refractivity contribution is 0.414. The topological polar surface area (TPSA) is 64.9 Å². The van der Waals surface area contributed by atoms with Crippen molar-refractivity contribution in [3.8, 4) is 0 Å². The van der Waals surface area contributed by atoms with Gasteiger partial charge in [-0.15, -0.1) is 0 Å². The summed E-state index contributed by atoms with van der Waals surface area (Å²) in [4.78, 5) is 0. The van der Waals surface area contributed by atoms with Crippen molar-refractivity contribution in [2.24, 2.45) is 5.10 Å². The zero-order chi connectivity index (χ0) is 6.57. The molecule has 0 aromatic carbocycles. The SMILES string of the molecule is C=NNC(=C)B(O)O. The van der Waals surface area contributed by atoms with Gasteiger partial charge in [-0.05, 0) is 0 Å². The van der Waals surface area contributed by atoms with Gasteiger partial charge in [-0.3, -0.25) is 5.43 Å². The van der Waals surface area contributed by atoms with E-state index in [9.17, 15) is 0 Å². The molecule has 0 heterocycles. The minimum Gasteiger partial charge on any atom is -0.422 e. The predicted octanol–water partition coefficient (Wildman–Crippen LogP) is -1.28. The first kappa shape index (κ1) is 7.19. The highest BCUT2D eigenvalue weighted by molar-refractivity contribution is 6.50. The minimum atomic E-state index is -1.57. The Balaban J connectivity index is 3.48. The summed E-state index contributed by atoms with van der Waals surface area (Å²) in [6, 6.07) is 0. The first-order chi connectivity index (χ1) is 3.68. The molecule has 8 heavy (non-hydrogen) atoms. The van der Waals surface area contributed by atoms with Crippen LogP contribution in [0, 0.1) is 0 Å². The third kappa shape index (κ3) is 2.38. The van der Waals surface area contributed by atoms with Crippen molar-refractivity contribution in [2.45, 2.75) is 0 Å². The number of rotatable bonds is 3. The van der Waals surface area contributed by atoms with Gasteiger partial charge in [0.2, 0.25) is 0 Å².